The van der Waals surface area contributed by atoms with Crippen LogP contribution in [0.15, 0.2) is 47.4 Å². The number of rotatable bonds is 7. The van der Waals surface area contributed by atoms with Crippen molar-refractivity contribution >= 4 is 33.0 Å². The first-order chi connectivity index (χ1) is 13.8. The third-order valence-corrected chi connectivity index (χ3v) is 5.22. The van der Waals surface area contributed by atoms with Crippen molar-refractivity contribution in [3.05, 3.63) is 58.1 Å². The van der Waals surface area contributed by atoms with Gasteiger partial charge in [0.05, 0.1) is 15.4 Å². The number of amides is 1. The monoisotopic (exact) mass is 446 g/mol. The fraction of sp³-hybridized carbons (Fsp3) is 0.235. The molecule has 13 heteroatoms. The molecule has 9 nitrogen and oxygen atoms in total. The average molecular weight is 446 g/mol. The van der Waals surface area contributed by atoms with Crippen LogP contribution in [-0.4, -0.2) is 46.1 Å². The summed E-state index contributed by atoms with van der Waals surface area (Å²) >= 11 is 0. The van der Waals surface area contributed by atoms with E-state index in [4.69, 9.17) is 0 Å². The first-order valence-corrected chi connectivity index (χ1v) is 9.72. The highest BCUT2D eigenvalue weighted by Gasteiger charge is 2.30. The number of anilines is 2. The third kappa shape index (κ3) is 5.90. The van der Waals surface area contributed by atoms with Gasteiger partial charge in [0.15, 0.2) is 0 Å². The number of non-ortho nitro benzene ring substituents is 1. The predicted molar refractivity (Wildman–Crippen MR) is 103 cm³/mol. The molecule has 0 saturated carbocycles. The van der Waals surface area contributed by atoms with E-state index in [1.165, 1.54) is 29.0 Å². The van der Waals surface area contributed by atoms with Crippen LogP contribution < -0.4 is 14.9 Å². The van der Waals surface area contributed by atoms with Crippen LogP contribution in [0.2, 0.25) is 0 Å². The van der Waals surface area contributed by atoms with Gasteiger partial charge >= 0.3 is 6.18 Å². The van der Waals surface area contributed by atoms with Gasteiger partial charge in [-0.1, -0.05) is 0 Å². The zero-order chi connectivity index (χ0) is 22.7. The molecule has 0 bridgehead atoms. The number of hydrogen-bond acceptors (Lipinski definition) is 6. The number of nitrogens with one attached hydrogen (secondary N) is 2. The van der Waals surface area contributed by atoms with E-state index in [-0.39, 0.29) is 16.9 Å². The maximum Gasteiger partial charge on any atom is 0.402 e. The van der Waals surface area contributed by atoms with E-state index in [1.54, 1.807) is 19.0 Å². The minimum atomic E-state index is -4.70. The Morgan fingerprint density at radius 1 is 1.13 bits per heavy atom. The van der Waals surface area contributed by atoms with Gasteiger partial charge in [0.2, 0.25) is 10.0 Å². The molecule has 0 saturated heterocycles. The molecule has 0 aromatic heterocycles. The minimum Gasteiger partial charge on any atom is -0.377 e. The summed E-state index contributed by atoms with van der Waals surface area (Å²) in [6, 6.07) is 8.18. The summed E-state index contributed by atoms with van der Waals surface area (Å²) in [4.78, 5) is 24.1. The van der Waals surface area contributed by atoms with Crippen LogP contribution in [0.1, 0.15) is 10.4 Å². The smallest absolute Gasteiger partial charge is 0.377 e. The van der Waals surface area contributed by atoms with Crippen molar-refractivity contribution in [1.82, 2.24) is 4.72 Å². The molecule has 30 heavy (non-hydrogen) atoms. The van der Waals surface area contributed by atoms with Crippen molar-refractivity contribution in [3.63, 3.8) is 0 Å². The first kappa shape index (κ1) is 23.1. The molecule has 0 atom stereocenters. The summed E-state index contributed by atoms with van der Waals surface area (Å²) in [5.41, 5.74) is 0.278. The highest BCUT2D eigenvalue weighted by molar-refractivity contribution is 7.89. The lowest BCUT2D eigenvalue weighted by Gasteiger charge is -2.17. The largest absolute Gasteiger partial charge is 0.402 e. The molecule has 2 aromatic rings. The number of benzene rings is 2. The van der Waals surface area contributed by atoms with E-state index >= 15 is 0 Å². The van der Waals surface area contributed by atoms with Crippen molar-refractivity contribution in [1.29, 1.82) is 0 Å². The van der Waals surface area contributed by atoms with Crippen LogP contribution in [0.25, 0.3) is 0 Å². The van der Waals surface area contributed by atoms with Crippen LogP contribution >= 0.6 is 0 Å². The number of alkyl halides is 3. The van der Waals surface area contributed by atoms with Gasteiger partial charge in [-0.05, 0) is 30.3 Å². The van der Waals surface area contributed by atoms with Gasteiger partial charge in [0.1, 0.15) is 6.54 Å². The van der Waals surface area contributed by atoms with Gasteiger partial charge in [0, 0.05) is 37.6 Å². The molecule has 0 fully saturated rings. The number of sulfonamides is 1. The molecule has 2 rings (SSSR count). The molecule has 0 aliphatic heterocycles. The Labute approximate surface area is 169 Å². The van der Waals surface area contributed by atoms with Gasteiger partial charge in [0.25, 0.3) is 11.6 Å². The summed E-state index contributed by atoms with van der Waals surface area (Å²) in [7, 11) is -1.10. The van der Waals surface area contributed by atoms with E-state index in [2.05, 4.69) is 5.32 Å². The lowest BCUT2D eigenvalue weighted by atomic mass is 10.1. The maximum atomic E-state index is 12.6. The third-order valence-electron chi connectivity index (χ3n) is 3.80. The van der Waals surface area contributed by atoms with Crippen LogP contribution in [0.5, 0.6) is 0 Å². The second kappa shape index (κ2) is 8.67. The summed E-state index contributed by atoms with van der Waals surface area (Å²) in [6.07, 6.45) is -4.70. The maximum absolute atomic E-state index is 12.6. The molecule has 2 N–H and O–H groups in total. The molecule has 162 valence electrons. The Kier molecular flexibility index (Phi) is 6.67. The Hall–Kier alpha value is -3.19. The quantitative estimate of drug-likeness (QED) is 0.498. The molecule has 1 amide bonds. The Bertz CT molecular complexity index is 1050. The van der Waals surface area contributed by atoms with Gasteiger partial charge in [-0.15, -0.1) is 0 Å². The minimum absolute atomic E-state index is 0.0118. The number of nitro groups is 1. The second-order valence-electron chi connectivity index (χ2n) is 6.27. The summed E-state index contributed by atoms with van der Waals surface area (Å²) in [5, 5.41) is 13.5. The molecule has 0 unspecified atom stereocenters. The number of nitrogens with zero attached hydrogens (tertiary/aromatic N) is 2. The molecule has 0 radical (unpaired) electrons. The Balaban J connectivity index is 2.23. The van der Waals surface area contributed by atoms with Crippen molar-refractivity contribution < 1.29 is 31.3 Å². The van der Waals surface area contributed by atoms with Crippen molar-refractivity contribution in [2.45, 2.75) is 11.1 Å². The van der Waals surface area contributed by atoms with Crippen molar-refractivity contribution in [2.75, 3.05) is 30.9 Å². The Morgan fingerprint density at radius 2 is 1.73 bits per heavy atom. The van der Waals surface area contributed by atoms with Crippen LogP contribution in [0.3, 0.4) is 0 Å². The topological polar surface area (TPSA) is 122 Å². The Morgan fingerprint density at radius 3 is 2.23 bits per heavy atom. The molecule has 0 spiro atoms. The molecule has 2 aromatic carbocycles. The first-order valence-electron chi connectivity index (χ1n) is 8.24. The van der Waals surface area contributed by atoms with Gasteiger partial charge in [-0.25, -0.2) is 13.1 Å². The molecule has 0 heterocycles. The van der Waals surface area contributed by atoms with Gasteiger partial charge in [-0.2, -0.15) is 13.2 Å². The fourth-order valence-corrected chi connectivity index (χ4v) is 3.40. The highest BCUT2D eigenvalue weighted by atomic mass is 32.2. The zero-order valence-electron chi connectivity index (χ0n) is 15.7. The SMILES string of the molecule is CN(C)c1ccc([N+](=O)[O-])cc1C(=O)Nc1ccc(S(=O)(=O)NCC(F)(F)F)cc1. The number of nitro benzene ring substituents is 1. The van der Waals surface area contributed by atoms with Crippen molar-refractivity contribution in [2.24, 2.45) is 0 Å². The van der Waals surface area contributed by atoms with Gasteiger partial charge < -0.3 is 10.2 Å². The van der Waals surface area contributed by atoms with Crippen LogP contribution in [0.4, 0.5) is 30.2 Å². The zero-order valence-corrected chi connectivity index (χ0v) is 16.5. The normalized spacial score (nSPS) is 11.8. The lowest BCUT2D eigenvalue weighted by molar-refractivity contribution is -0.384. The summed E-state index contributed by atoms with van der Waals surface area (Å²) in [6.45, 7) is -1.71. The standard InChI is InChI=1S/C17H17F3N4O5S/c1-23(2)15-8-5-12(24(26)27)9-14(15)16(25)22-11-3-6-13(7-4-11)30(28,29)21-10-17(18,19)20/h3-9,21H,10H2,1-2H3,(H,22,25). The summed E-state index contributed by atoms with van der Waals surface area (Å²) in [5.74, 6) is -0.687. The molecular weight excluding hydrogens is 429 g/mol. The van der Waals surface area contributed by atoms with E-state index in [0.717, 1.165) is 18.2 Å². The average Bonchev–Trinajstić information content (AvgIpc) is 2.65. The highest BCUT2D eigenvalue weighted by Crippen LogP contribution is 2.25. The second-order valence-corrected chi connectivity index (χ2v) is 8.04. The van der Waals surface area contributed by atoms with Crippen LogP contribution in [-0.2, 0) is 10.0 Å². The number of hydrogen-bond donors (Lipinski definition) is 2. The number of carbonyl (C=O) groups excluding carboxylic acids is 1. The molecular formula is C17H17F3N4O5S. The fourth-order valence-electron chi connectivity index (χ4n) is 2.39. The van der Waals surface area contributed by atoms with Crippen LogP contribution in [0, 0.1) is 10.1 Å². The summed E-state index contributed by atoms with van der Waals surface area (Å²) < 4.78 is 61.9. The van der Waals surface area contributed by atoms with Gasteiger partial charge in [-0.3, -0.25) is 14.9 Å². The number of halogens is 3. The van der Waals surface area contributed by atoms with E-state index in [1.807, 2.05) is 0 Å². The van der Waals surface area contributed by atoms with Crippen molar-refractivity contribution in [3.8, 4) is 0 Å². The number of carbonyl (C=O) groups is 1. The molecule has 0 aliphatic carbocycles. The molecule has 0 aliphatic rings. The lowest BCUT2D eigenvalue weighted by Crippen LogP contribution is -2.33. The van der Waals surface area contributed by atoms with E-state index in [9.17, 15) is 36.5 Å². The van der Waals surface area contributed by atoms with E-state index < -0.39 is 38.5 Å². The predicted octanol–water partition coefficient (Wildman–Crippen LogP) is 2.75. The van der Waals surface area contributed by atoms with E-state index in [0.29, 0.717) is 5.69 Å².